The Morgan fingerprint density at radius 3 is 3.00 bits per heavy atom. The highest BCUT2D eigenvalue weighted by atomic mass is 16.3. The number of carbonyl (C=O) groups excluding carboxylic acids is 1. The van der Waals surface area contributed by atoms with Gasteiger partial charge in [-0.1, -0.05) is 10.3 Å². The van der Waals surface area contributed by atoms with Crippen molar-refractivity contribution in [3.05, 3.63) is 5.69 Å². The number of aromatic nitrogens is 3. The molecule has 0 radical (unpaired) electrons. The zero-order valence-electron chi connectivity index (χ0n) is 5.93. The van der Waals surface area contributed by atoms with Crippen LogP contribution >= 0.6 is 0 Å². The molecule has 12 heavy (non-hydrogen) atoms. The summed E-state index contributed by atoms with van der Waals surface area (Å²) in [6.07, 6.45) is 0. The van der Waals surface area contributed by atoms with Gasteiger partial charge in [-0.2, -0.15) is 5.26 Å². The van der Waals surface area contributed by atoms with Crippen LogP contribution in [0.1, 0.15) is 10.5 Å². The van der Waals surface area contributed by atoms with E-state index in [0.717, 1.165) is 4.68 Å². The van der Waals surface area contributed by atoms with E-state index in [1.54, 1.807) is 6.07 Å². The molecule has 0 atom stereocenters. The molecule has 1 heterocycles. The lowest BCUT2D eigenvalue weighted by molar-refractivity contribution is 0.0988. The van der Waals surface area contributed by atoms with E-state index in [0.29, 0.717) is 0 Å². The van der Waals surface area contributed by atoms with Gasteiger partial charge in [-0.05, 0) is 0 Å². The molecule has 0 saturated heterocycles. The molecular formula is C5H5N5O2. The molecule has 1 amide bonds. The predicted molar refractivity (Wildman–Crippen MR) is 35.8 cm³/mol. The second-order valence-electron chi connectivity index (χ2n) is 1.94. The summed E-state index contributed by atoms with van der Waals surface area (Å²) in [5, 5.41) is 23.7. The molecular weight excluding hydrogens is 162 g/mol. The lowest BCUT2D eigenvalue weighted by Crippen LogP contribution is -2.17. The highest BCUT2D eigenvalue weighted by Gasteiger charge is 2.16. The quantitative estimate of drug-likeness (QED) is 0.561. The number of hydrogen-bond donors (Lipinski definition) is 2. The second kappa shape index (κ2) is 2.87. The van der Waals surface area contributed by atoms with Gasteiger partial charge in [0.1, 0.15) is 6.54 Å². The number of primary amides is 1. The molecule has 7 nitrogen and oxygen atoms in total. The van der Waals surface area contributed by atoms with E-state index in [1.165, 1.54) is 0 Å². The van der Waals surface area contributed by atoms with Crippen LogP contribution in [0.3, 0.4) is 0 Å². The van der Waals surface area contributed by atoms with Gasteiger partial charge in [-0.15, -0.1) is 0 Å². The van der Waals surface area contributed by atoms with Crippen molar-refractivity contribution in [3.63, 3.8) is 0 Å². The van der Waals surface area contributed by atoms with Crippen molar-refractivity contribution in [2.24, 2.45) is 5.73 Å². The van der Waals surface area contributed by atoms with Crippen LogP contribution in [-0.4, -0.2) is 26.0 Å². The first-order valence-electron chi connectivity index (χ1n) is 2.96. The van der Waals surface area contributed by atoms with Crippen molar-refractivity contribution < 1.29 is 9.90 Å². The first-order chi connectivity index (χ1) is 5.66. The van der Waals surface area contributed by atoms with E-state index in [1.807, 2.05) is 0 Å². The van der Waals surface area contributed by atoms with E-state index in [4.69, 9.17) is 16.1 Å². The molecule has 0 spiro atoms. The molecule has 0 bridgehead atoms. The molecule has 0 aliphatic rings. The summed E-state index contributed by atoms with van der Waals surface area (Å²) in [7, 11) is 0. The van der Waals surface area contributed by atoms with Gasteiger partial charge in [-0.25, -0.2) is 4.68 Å². The SMILES string of the molecule is N#CCn1nnc(O)c1C(N)=O. The molecule has 7 heteroatoms. The van der Waals surface area contributed by atoms with Gasteiger partial charge >= 0.3 is 0 Å². The fourth-order valence-electron chi connectivity index (χ4n) is 0.719. The Bertz CT molecular complexity index is 349. The molecule has 1 aromatic rings. The van der Waals surface area contributed by atoms with Crippen LogP contribution < -0.4 is 5.73 Å². The molecule has 62 valence electrons. The highest BCUT2D eigenvalue weighted by Crippen LogP contribution is 2.10. The fraction of sp³-hybridized carbons (Fsp3) is 0.200. The van der Waals surface area contributed by atoms with Gasteiger partial charge in [0.15, 0.2) is 5.69 Å². The molecule has 0 saturated carbocycles. The van der Waals surface area contributed by atoms with Gasteiger partial charge in [-0.3, -0.25) is 4.79 Å². The minimum absolute atomic E-state index is 0.175. The van der Waals surface area contributed by atoms with Crippen LogP contribution in [-0.2, 0) is 6.54 Å². The minimum atomic E-state index is -0.868. The average molecular weight is 167 g/mol. The zero-order chi connectivity index (χ0) is 9.14. The predicted octanol–water partition coefficient (Wildman–Crippen LogP) is -1.39. The van der Waals surface area contributed by atoms with Crippen LogP contribution in [0.15, 0.2) is 0 Å². The monoisotopic (exact) mass is 167 g/mol. The highest BCUT2D eigenvalue weighted by molar-refractivity contribution is 5.93. The minimum Gasteiger partial charge on any atom is -0.491 e. The zero-order valence-corrected chi connectivity index (χ0v) is 5.93. The van der Waals surface area contributed by atoms with Crippen molar-refractivity contribution in [1.29, 1.82) is 5.26 Å². The maximum absolute atomic E-state index is 10.6. The smallest absolute Gasteiger partial charge is 0.272 e. The van der Waals surface area contributed by atoms with Gasteiger partial charge in [0.2, 0.25) is 0 Å². The maximum atomic E-state index is 10.6. The maximum Gasteiger partial charge on any atom is 0.272 e. The lowest BCUT2D eigenvalue weighted by Gasteiger charge is -1.95. The summed E-state index contributed by atoms with van der Waals surface area (Å²) in [5.74, 6) is -1.43. The van der Waals surface area contributed by atoms with Crippen molar-refractivity contribution in [2.75, 3.05) is 0 Å². The van der Waals surface area contributed by atoms with Gasteiger partial charge in [0.05, 0.1) is 6.07 Å². The van der Waals surface area contributed by atoms with Gasteiger partial charge in [0.25, 0.3) is 11.8 Å². The summed E-state index contributed by atoms with van der Waals surface area (Å²) in [4.78, 5) is 10.6. The van der Waals surface area contributed by atoms with Gasteiger partial charge in [0, 0.05) is 0 Å². The Balaban J connectivity index is 3.14. The van der Waals surface area contributed by atoms with E-state index in [9.17, 15) is 4.79 Å². The number of nitrogens with two attached hydrogens (primary N) is 1. The molecule has 0 aliphatic heterocycles. The van der Waals surface area contributed by atoms with Crippen LogP contribution in [0.2, 0.25) is 0 Å². The van der Waals surface area contributed by atoms with E-state index in [2.05, 4.69) is 10.3 Å². The third-order valence-corrected chi connectivity index (χ3v) is 1.17. The molecule has 1 aromatic heterocycles. The summed E-state index contributed by atoms with van der Waals surface area (Å²) in [5.41, 5.74) is 4.63. The third-order valence-electron chi connectivity index (χ3n) is 1.17. The number of nitrogens with zero attached hydrogens (tertiary/aromatic N) is 4. The lowest BCUT2D eigenvalue weighted by atomic mass is 10.4. The first kappa shape index (κ1) is 8.00. The van der Waals surface area contributed by atoms with Crippen molar-refractivity contribution in [2.45, 2.75) is 6.54 Å². The molecule has 0 aromatic carbocycles. The fourth-order valence-corrected chi connectivity index (χ4v) is 0.719. The van der Waals surface area contributed by atoms with Crippen LogP contribution in [0.5, 0.6) is 5.88 Å². The Kier molecular flexibility index (Phi) is 1.92. The van der Waals surface area contributed by atoms with Crippen LogP contribution in [0.25, 0.3) is 0 Å². The van der Waals surface area contributed by atoms with E-state index < -0.39 is 11.8 Å². The molecule has 0 fully saturated rings. The van der Waals surface area contributed by atoms with Crippen LogP contribution in [0.4, 0.5) is 0 Å². The summed E-state index contributed by atoms with van der Waals surface area (Å²) >= 11 is 0. The Hall–Kier alpha value is -2.10. The number of aromatic hydroxyl groups is 1. The number of amides is 1. The molecule has 0 unspecified atom stereocenters. The van der Waals surface area contributed by atoms with E-state index in [-0.39, 0.29) is 12.2 Å². The van der Waals surface area contributed by atoms with Gasteiger partial charge < -0.3 is 10.8 Å². The Morgan fingerprint density at radius 2 is 2.50 bits per heavy atom. The number of carbonyl (C=O) groups is 1. The van der Waals surface area contributed by atoms with E-state index >= 15 is 0 Å². The van der Waals surface area contributed by atoms with Crippen molar-refractivity contribution >= 4 is 5.91 Å². The Labute approximate surface area is 67.0 Å². The number of hydrogen-bond acceptors (Lipinski definition) is 5. The molecule has 0 aliphatic carbocycles. The normalized spacial score (nSPS) is 9.25. The number of nitriles is 1. The largest absolute Gasteiger partial charge is 0.491 e. The molecule has 3 N–H and O–H groups in total. The first-order valence-corrected chi connectivity index (χ1v) is 2.96. The average Bonchev–Trinajstić information content (AvgIpc) is 2.32. The summed E-state index contributed by atoms with van der Waals surface area (Å²) in [6, 6.07) is 1.73. The topological polar surface area (TPSA) is 118 Å². The molecule has 1 rings (SSSR count). The summed E-state index contributed by atoms with van der Waals surface area (Å²) < 4.78 is 0.928. The Morgan fingerprint density at radius 1 is 1.83 bits per heavy atom. The second-order valence-corrected chi connectivity index (χ2v) is 1.94. The van der Waals surface area contributed by atoms with Crippen LogP contribution in [0, 0.1) is 11.3 Å². The summed E-state index contributed by atoms with van der Waals surface area (Å²) in [6.45, 7) is -0.175. The standard InChI is InChI=1S/C5H5N5O2/c6-1-2-10-3(4(7)11)5(12)8-9-10/h12H,2H2,(H2,7,11). The van der Waals surface area contributed by atoms with Crippen molar-refractivity contribution in [1.82, 2.24) is 15.0 Å². The number of rotatable bonds is 2. The van der Waals surface area contributed by atoms with Crippen molar-refractivity contribution in [3.8, 4) is 11.9 Å². The third kappa shape index (κ3) is 1.17.